The second-order valence-electron chi connectivity index (χ2n) is 5.76. The normalized spacial score (nSPS) is 24.4. The Kier molecular flexibility index (Phi) is 5.64. The quantitative estimate of drug-likeness (QED) is 0.806. The molecule has 2 aliphatic rings. The van der Waals surface area contributed by atoms with Gasteiger partial charge in [0, 0.05) is 26.2 Å². The molecule has 0 bridgehead atoms. The van der Waals surface area contributed by atoms with E-state index in [2.05, 4.69) is 10.2 Å². The van der Waals surface area contributed by atoms with Gasteiger partial charge in [0.1, 0.15) is 0 Å². The number of carboxylic acids is 1. The van der Waals surface area contributed by atoms with Crippen LogP contribution in [0.5, 0.6) is 0 Å². The maximum Gasteiger partial charge on any atom is 0.317 e. The van der Waals surface area contributed by atoms with Gasteiger partial charge in [-0.05, 0) is 38.8 Å². The molecule has 0 aromatic rings. The van der Waals surface area contributed by atoms with Gasteiger partial charge in [-0.2, -0.15) is 0 Å². The lowest BCUT2D eigenvalue weighted by Crippen LogP contribution is -2.48. The first-order valence-corrected chi connectivity index (χ1v) is 7.65. The fraction of sp³-hybridized carbons (Fsp3) is 0.857. The highest BCUT2D eigenvalue weighted by molar-refractivity contribution is 5.76. The number of rotatable bonds is 4. The van der Waals surface area contributed by atoms with Crippen molar-refractivity contribution >= 4 is 12.0 Å². The van der Waals surface area contributed by atoms with E-state index in [1.807, 2.05) is 0 Å². The van der Waals surface area contributed by atoms with Gasteiger partial charge < -0.3 is 20.2 Å². The van der Waals surface area contributed by atoms with Crippen molar-refractivity contribution < 1.29 is 14.7 Å². The summed E-state index contributed by atoms with van der Waals surface area (Å²) in [5.74, 6) is -1.20. The predicted octanol–water partition coefficient (Wildman–Crippen LogP) is 0.978. The molecule has 0 saturated carbocycles. The molecule has 6 heteroatoms. The van der Waals surface area contributed by atoms with Crippen LogP contribution in [0.3, 0.4) is 0 Å². The number of amides is 2. The van der Waals surface area contributed by atoms with E-state index in [1.54, 1.807) is 4.90 Å². The molecule has 2 saturated heterocycles. The van der Waals surface area contributed by atoms with Crippen molar-refractivity contribution in [1.29, 1.82) is 0 Å². The Labute approximate surface area is 120 Å². The SMILES string of the molecule is O=C(O)[C@H]1CCCN(C(=O)NCCN2CCCCC2)C1. The number of carboxylic acid groups (broad SMARTS) is 1. The van der Waals surface area contributed by atoms with Gasteiger partial charge in [0.25, 0.3) is 0 Å². The second kappa shape index (κ2) is 7.47. The molecule has 0 spiro atoms. The van der Waals surface area contributed by atoms with Crippen LogP contribution in [0.4, 0.5) is 4.79 Å². The van der Waals surface area contributed by atoms with Crippen LogP contribution in [-0.4, -0.2) is 66.2 Å². The third kappa shape index (κ3) is 4.37. The van der Waals surface area contributed by atoms with Crippen molar-refractivity contribution in [2.75, 3.05) is 39.3 Å². The van der Waals surface area contributed by atoms with E-state index in [4.69, 9.17) is 5.11 Å². The van der Waals surface area contributed by atoms with E-state index >= 15 is 0 Å². The van der Waals surface area contributed by atoms with E-state index in [0.29, 0.717) is 26.1 Å². The summed E-state index contributed by atoms with van der Waals surface area (Å²) in [5.41, 5.74) is 0. The van der Waals surface area contributed by atoms with Crippen molar-refractivity contribution in [3.8, 4) is 0 Å². The number of likely N-dealkylation sites (tertiary alicyclic amines) is 2. The Balaban J connectivity index is 1.67. The van der Waals surface area contributed by atoms with Crippen LogP contribution in [0.2, 0.25) is 0 Å². The fourth-order valence-electron chi connectivity index (χ4n) is 2.98. The zero-order valence-corrected chi connectivity index (χ0v) is 12.0. The van der Waals surface area contributed by atoms with Crippen LogP contribution in [-0.2, 0) is 4.79 Å². The fourth-order valence-corrected chi connectivity index (χ4v) is 2.98. The number of hydrogen-bond acceptors (Lipinski definition) is 3. The molecule has 0 aromatic carbocycles. The predicted molar refractivity (Wildman–Crippen MR) is 75.6 cm³/mol. The summed E-state index contributed by atoms with van der Waals surface area (Å²) in [4.78, 5) is 27.0. The second-order valence-corrected chi connectivity index (χ2v) is 5.76. The highest BCUT2D eigenvalue weighted by atomic mass is 16.4. The largest absolute Gasteiger partial charge is 0.481 e. The van der Waals surface area contributed by atoms with Crippen LogP contribution in [0.25, 0.3) is 0 Å². The van der Waals surface area contributed by atoms with E-state index < -0.39 is 11.9 Å². The molecule has 0 unspecified atom stereocenters. The minimum atomic E-state index is -0.796. The summed E-state index contributed by atoms with van der Waals surface area (Å²) in [7, 11) is 0. The summed E-state index contributed by atoms with van der Waals surface area (Å²) in [6.45, 7) is 4.79. The number of hydrogen-bond donors (Lipinski definition) is 2. The van der Waals surface area contributed by atoms with Crippen LogP contribution in [0, 0.1) is 5.92 Å². The Morgan fingerprint density at radius 2 is 1.85 bits per heavy atom. The Hall–Kier alpha value is -1.30. The zero-order valence-electron chi connectivity index (χ0n) is 12.0. The summed E-state index contributed by atoms with van der Waals surface area (Å²) in [6.07, 6.45) is 5.26. The number of piperidine rings is 2. The average Bonchev–Trinajstić information content (AvgIpc) is 2.48. The molecule has 1 atom stereocenters. The van der Waals surface area contributed by atoms with Crippen molar-refractivity contribution in [3.05, 3.63) is 0 Å². The number of aliphatic carboxylic acids is 1. The lowest BCUT2D eigenvalue weighted by Gasteiger charge is -2.31. The molecule has 20 heavy (non-hydrogen) atoms. The smallest absolute Gasteiger partial charge is 0.317 e. The van der Waals surface area contributed by atoms with Gasteiger partial charge in [0.2, 0.25) is 0 Å². The highest BCUT2D eigenvalue weighted by Crippen LogP contribution is 2.16. The summed E-state index contributed by atoms with van der Waals surface area (Å²) < 4.78 is 0. The molecule has 2 aliphatic heterocycles. The molecule has 0 radical (unpaired) electrons. The van der Waals surface area contributed by atoms with Gasteiger partial charge in [-0.25, -0.2) is 4.79 Å². The lowest BCUT2D eigenvalue weighted by molar-refractivity contribution is -0.143. The first-order chi connectivity index (χ1) is 9.66. The maximum atomic E-state index is 12.0. The Bertz CT molecular complexity index is 343. The number of carbonyl (C=O) groups excluding carboxylic acids is 1. The van der Waals surface area contributed by atoms with Crippen molar-refractivity contribution in [2.45, 2.75) is 32.1 Å². The minimum absolute atomic E-state index is 0.118. The minimum Gasteiger partial charge on any atom is -0.481 e. The molecule has 0 aromatic heterocycles. The maximum absolute atomic E-state index is 12.0. The van der Waals surface area contributed by atoms with Crippen LogP contribution in [0.1, 0.15) is 32.1 Å². The highest BCUT2D eigenvalue weighted by Gasteiger charge is 2.27. The zero-order chi connectivity index (χ0) is 14.4. The number of urea groups is 1. The Morgan fingerprint density at radius 1 is 1.10 bits per heavy atom. The van der Waals surface area contributed by atoms with E-state index in [9.17, 15) is 9.59 Å². The van der Waals surface area contributed by atoms with Gasteiger partial charge >= 0.3 is 12.0 Å². The van der Waals surface area contributed by atoms with Gasteiger partial charge in [0.05, 0.1) is 5.92 Å². The molecule has 2 fully saturated rings. The van der Waals surface area contributed by atoms with Crippen LogP contribution < -0.4 is 5.32 Å². The Morgan fingerprint density at radius 3 is 2.55 bits per heavy atom. The molecular formula is C14H25N3O3. The molecule has 0 aliphatic carbocycles. The van der Waals surface area contributed by atoms with Gasteiger partial charge in [-0.3, -0.25) is 4.79 Å². The first-order valence-electron chi connectivity index (χ1n) is 7.65. The third-order valence-corrected chi connectivity index (χ3v) is 4.21. The first kappa shape index (κ1) is 15.1. The summed E-state index contributed by atoms with van der Waals surface area (Å²) in [6, 6.07) is -0.118. The van der Waals surface area contributed by atoms with Crippen LogP contribution >= 0.6 is 0 Å². The molecule has 2 heterocycles. The average molecular weight is 283 g/mol. The molecule has 2 N–H and O–H groups in total. The molecule has 6 nitrogen and oxygen atoms in total. The molecule has 114 valence electrons. The van der Waals surface area contributed by atoms with Crippen LogP contribution in [0.15, 0.2) is 0 Å². The third-order valence-electron chi connectivity index (χ3n) is 4.21. The number of carbonyl (C=O) groups is 2. The van der Waals surface area contributed by atoms with E-state index in [0.717, 1.165) is 26.1 Å². The van der Waals surface area contributed by atoms with Gasteiger partial charge in [-0.15, -0.1) is 0 Å². The summed E-state index contributed by atoms with van der Waals surface area (Å²) in [5, 5.41) is 11.9. The summed E-state index contributed by atoms with van der Waals surface area (Å²) >= 11 is 0. The topological polar surface area (TPSA) is 72.9 Å². The van der Waals surface area contributed by atoms with E-state index in [-0.39, 0.29) is 6.03 Å². The van der Waals surface area contributed by atoms with Crippen molar-refractivity contribution in [1.82, 2.24) is 15.1 Å². The van der Waals surface area contributed by atoms with Gasteiger partial charge in [0.15, 0.2) is 0 Å². The van der Waals surface area contributed by atoms with E-state index in [1.165, 1.54) is 19.3 Å². The molecule has 2 rings (SSSR count). The van der Waals surface area contributed by atoms with Crippen molar-refractivity contribution in [3.63, 3.8) is 0 Å². The van der Waals surface area contributed by atoms with Crippen molar-refractivity contribution in [2.24, 2.45) is 5.92 Å². The molecule has 2 amide bonds. The molecular weight excluding hydrogens is 258 g/mol. The monoisotopic (exact) mass is 283 g/mol. The lowest BCUT2D eigenvalue weighted by atomic mass is 9.99. The number of nitrogens with zero attached hydrogens (tertiary/aromatic N) is 2. The van der Waals surface area contributed by atoms with Gasteiger partial charge in [-0.1, -0.05) is 6.42 Å². The number of nitrogens with one attached hydrogen (secondary N) is 1. The standard InChI is InChI=1S/C14H25N3O3/c18-13(19)12-5-4-9-17(11-12)14(20)15-6-10-16-7-2-1-3-8-16/h12H,1-11H2,(H,15,20)(H,18,19)/t12-/m0/s1.